The molecule has 18 heavy (non-hydrogen) atoms. The molecule has 1 fully saturated rings. The van der Waals surface area contributed by atoms with Gasteiger partial charge in [0, 0.05) is 18.6 Å². The van der Waals surface area contributed by atoms with Crippen molar-refractivity contribution in [1.29, 1.82) is 0 Å². The minimum Gasteiger partial charge on any atom is -0.326 e. The van der Waals surface area contributed by atoms with Crippen LogP contribution in [0.4, 0.5) is 13.2 Å². The van der Waals surface area contributed by atoms with Gasteiger partial charge in [-0.1, -0.05) is 26.7 Å². The smallest absolute Gasteiger partial charge is 0.326 e. The quantitative estimate of drug-likeness (QED) is 0.828. The zero-order chi connectivity index (χ0) is 13.9. The van der Waals surface area contributed by atoms with Gasteiger partial charge in [-0.15, -0.1) is 0 Å². The number of hydrogen-bond acceptors (Lipinski definition) is 2. The zero-order valence-corrected chi connectivity index (χ0v) is 11.5. The zero-order valence-electron chi connectivity index (χ0n) is 11.5. The van der Waals surface area contributed by atoms with Gasteiger partial charge < -0.3 is 5.73 Å². The summed E-state index contributed by atoms with van der Waals surface area (Å²) >= 11 is 0. The number of hydrogen-bond donors (Lipinski definition) is 1. The molecule has 0 spiro atoms. The molecule has 108 valence electrons. The number of nitrogens with zero attached hydrogens (tertiary/aromatic N) is 1. The molecular weight excluding hydrogens is 241 g/mol. The molecule has 0 heterocycles. The second-order valence-corrected chi connectivity index (χ2v) is 5.87. The Morgan fingerprint density at radius 3 is 2.00 bits per heavy atom. The van der Waals surface area contributed by atoms with Crippen molar-refractivity contribution in [2.24, 2.45) is 11.7 Å². The van der Waals surface area contributed by atoms with Gasteiger partial charge in [0.05, 0.1) is 0 Å². The summed E-state index contributed by atoms with van der Waals surface area (Å²) < 4.78 is 39.6. The highest BCUT2D eigenvalue weighted by Crippen LogP contribution is 2.33. The summed E-state index contributed by atoms with van der Waals surface area (Å²) in [5.41, 5.74) is 5.61. The van der Waals surface area contributed by atoms with Gasteiger partial charge in [0.2, 0.25) is 0 Å². The first-order valence-corrected chi connectivity index (χ1v) is 6.81. The minimum absolute atomic E-state index is 0.0463. The molecule has 1 aliphatic carbocycles. The van der Waals surface area contributed by atoms with Crippen LogP contribution >= 0.6 is 0 Å². The molecule has 1 rings (SSSR count). The van der Waals surface area contributed by atoms with E-state index in [1.54, 1.807) is 4.90 Å². The molecule has 2 atom stereocenters. The number of rotatable bonds is 5. The first-order valence-electron chi connectivity index (χ1n) is 6.81. The summed E-state index contributed by atoms with van der Waals surface area (Å²) in [7, 11) is 0. The molecule has 2 unspecified atom stereocenters. The molecule has 2 nitrogen and oxygen atoms in total. The topological polar surface area (TPSA) is 29.3 Å². The molecular formula is C13H25F3N2. The van der Waals surface area contributed by atoms with Crippen molar-refractivity contribution in [3.05, 3.63) is 0 Å². The second kappa shape index (κ2) is 6.24. The molecule has 0 aromatic heterocycles. The Bertz CT molecular complexity index is 245. The van der Waals surface area contributed by atoms with E-state index in [1.807, 2.05) is 13.8 Å². The van der Waals surface area contributed by atoms with E-state index in [9.17, 15) is 13.2 Å². The van der Waals surface area contributed by atoms with Crippen LogP contribution in [0.5, 0.6) is 0 Å². The standard InChI is InChI=1S/C13H25F3N2/c1-9(2)8-18(11-6-4-5-7-11)12(10(3)17)13(14,15)16/h9-12H,4-8,17H2,1-3H3. The highest BCUT2D eigenvalue weighted by molar-refractivity contribution is 4.91. The lowest BCUT2D eigenvalue weighted by atomic mass is 10.0. The van der Waals surface area contributed by atoms with E-state index in [-0.39, 0.29) is 12.0 Å². The maximum atomic E-state index is 13.2. The first-order chi connectivity index (χ1) is 8.23. The Kier molecular flexibility index (Phi) is 5.46. The van der Waals surface area contributed by atoms with Crippen LogP contribution in [0.3, 0.4) is 0 Å². The monoisotopic (exact) mass is 266 g/mol. The van der Waals surface area contributed by atoms with Crippen molar-refractivity contribution in [3.8, 4) is 0 Å². The molecule has 1 aliphatic rings. The van der Waals surface area contributed by atoms with Gasteiger partial charge >= 0.3 is 6.18 Å². The highest BCUT2D eigenvalue weighted by Gasteiger charge is 2.48. The summed E-state index contributed by atoms with van der Waals surface area (Å²) in [5, 5.41) is 0. The lowest BCUT2D eigenvalue weighted by Crippen LogP contribution is -2.58. The van der Waals surface area contributed by atoms with Gasteiger partial charge in [0.25, 0.3) is 0 Å². The van der Waals surface area contributed by atoms with E-state index >= 15 is 0 Å². The van der Waals surface area contributed by atoms with Crippen molar-refractivity contribution >= 4 is 0 Å². The van der Waals surface area contributed by atoms with Crippen LogP contribution in [0.15, 0.2) is 0 Å². The molecule has 1 saturated carbocycles. The average molecular weight is 266 g/mol. The maximum Gasteiger partial charge on any atom is 0.405 e. The predicted molar refractivity (Wildman–Crippen MR) is 67.3 cm³/mol. The van der Waals surface area contributed by atoms with E-state index in [2.05, 4.69) is 0 Å². The van der Waals surface area contributed by atoms with Crippen LogP contribution in [0.25, 0.3) is 0 Å². The van der Waals surface area contributed by atoms with Gasteiger partial charge in [0.1, 0.15) is 6.04 Å². The third kappa shape index (κ3) is 4.12. The van der Waals surface area contributed by atoms with E-state index in [4.69, 9.17) is 5.73 Å². The van der Waals surface area contributed by atoms with Crippen molar-refractivity contribution in [2.75, 3.05) is 6.54 Å². The number of halogens is 3. The summed E-state index contributed by atoms with van der Waals surface area (Å²) in [5.74, 6) is 0.217. The van der Waals surface area contributed by atoms with Crippen LogP contribution in [0.1, 0.15) is 46.5 Å². The van der Waals surface area contributed by atoms with E-state index < -0.39 is 18.3 Å². The van der Waals surface area contributed by atoms with Crippen molar-refractivity contribution in [2.45, 2.75) is 70.8 Å². The van der Waals surface area contributed by atoms with Crippen LogP contribution in [0.2, 0.25) is 0 Å². The Hall–Kier alpha value is -0.290. The Morgan fingerprint density at radius 1 is 1.17 bits per heavy atom. The molecule has 0 saturated heterocycles. The summed E-state index contributed by atoms with van der Waals surface area (Å²) in [4.78, 5) is 1.61. The molecule has 0 aromatic carbocycles. The Labute approximate surface area is 108 Å². The minimum atomic E-state index is -4.24. The van der Waals surface area contributed by atoms with Gasteiger partial charge in [0.15, 0.2) is 0 Å². The van der Waals surface area contributed by atoms with Crippen molar-refractivity contribution < 1.29 is 13.2 Å². The van der Waals surface area contributed by atoms with Crippen molar-refractivity contribution in [1.82, 2.24) is 4.90 Å². The van der Waals surface area contributed by atoms with Crippen LogP contribution in [-0.4, -0.2) is 35.7 Å². The fraction of sp³-hybridized carbons (Fsp3) is 1.00. The number of nitrogens with two attached hydrogens (primary N) is 1. The second-order valence-electron chi connectivity index (χ2n) is 5.87. The molecule has 0 radical (unpaired) electrons. The SMILES string of the molecule is CC(C)CN(C1CCCC1)C(C(C)N)C(F)(F)F. The lowest BCUT2D eigenvalue weighted by Gasteiger charge is -2.40. The van der Waals surface area contributed by atoms with E-state index in [0.29, 0.717) is 6.54 Å². The van der Waals surface area contributed by atoms with E-state index in [1.165, 1.54) is 6.92 Å². The lowest BCUT2D eigenvalue weighted by molar-refractivity contribution is -0.195. The van der Waals surface area contributed by atoms with Gasteiger partial charge in [-0.2, -0.15) is 13.2 Å². The summed E-state index contributed by atoms with van der Waals surface area (Å²) in [6.45, 7) is 5.84. The van der Waals surface area contributed by atoms with E-state index in [0.717, 1.165) is 25.7 Å². The summed E-state index contributed by atoms with van der Waals surface area (Å²) in [6, 6.07) is -2.35. The first kappa shape index (κ1) is 15.8. The van der Waals surface area contributed by atoms with Gasteiger partial charge in [-0.25, -0.2) is 0 Å². The molecule has 0 bridgehead atoms. The summed E-state index contributed by atoms with van der Waals surface area (Å²) in [6.07, 6.45) is -0.449. The molecule has 0 amide bonds. The Morgan fingerprint density at radius 2 is 1.67 bits per heavy atom. The van der Waals surface area contributed by atoms with Crippen LogP contribution in [0, 0.1) is 5.92 Å². The molecule has 5 heteroatoms. The van der Waals surface area contributed by atoms with Gasteiger partial charge in [-0.3, -0.25) is 4.90 Å². The third-order valence-electron chi connectivity index (χ3n) is 3.56. The van der Waals surface area contributed by atoms with Crippen LogP contribution < -0.4 is 5.73 Å². The van der Waals surface area contributed by atoms with Crippen molar-refractivity contribution in [3.63, 3.8) is 0 Å². The highest BCUT2D eigenvalue weighted by atomic mass is 19.4. The molecule has 0 aromatic rings. The Balaban J connectivity index is 2.90. The maximum absolute atomic E-state index is 13.2. The fourth-order valence-corrected chi connectivity index (χ4v) is 2.94. The van der Waals surface area contributed by atoms with Crippen LogP contribution in [-0.2, 0) is 0 Å². The number of alkyl halides is 3. The average Bonchev–Trinajstić information content (AvgIpc) is 2.64. The largest absolute Gasteiger partial charge is 0.405 e. The normalized spacial score (nSPS) is 21.8. The molecule has 0 aliphatic heterocycles. The molecule has 2 N–H and O–H groups in total. The third-order valence-corrected chi connectivity index (χ3v) is 3.56. The fourth-order valence-electron chi connectivity index (χ4n) is 2.94. The predicted octanol–water partition coefficient (Wildman–Crippen LogP) is 3.17. The van der Waals surface area contributed by atoms with Gasteiger partial charge in [-0.05, 0) is 25.7 Å².